The van der Waals surface area contributed by atoms with E-state index in [1.54, 1.807) is 24.1 Å². The Morgan fingerprint density at radius 2 is 1.88 bits per heavy atom. The fourth-order valence-electron chi connectivity index (χ4n) is 3.10. The maximum absolute atomic E-state index is 14.6. The standard InChI is InChI=1S/C20H23FN2O2/c1-14-5-4-6-18(15(14)2)22(3)20(24)16-7-8-19(17(21)13-16)23-9-11-25-12-10-23/h4-8,13H,9-12H2,1-3H3. The molecule has 5 heteroatoms. The maximum atomic E-state index is 14.6. The zero-order valence-electron chi connectivity index (χ0n) is 14.9. The van der Waals surface area contributed by atoms with Crippen LogP contribution in [0.15, 0.2) is 36.4 Å². The number of ether oxygens (including phenoxy) is 1. The van der Waals surface area contributed by atoms with Crippen molar-refractivity contribution in [3.8, 4) is 0 Å². The number of benzene rings is 2. The minimum atomic E-state index is -0.373. The maximum Gasteiger partial charge on any atom is 0.258 e. The average molecular weight is 342 g/mol. The molecule has 0 unspecified atom stereocenters. The van der Waals surface area contributed by atoms with Gasteiger partial charge in [-0.3, -0.25) is 4.79 Å². The summed E-state index contributed by atoms with van der Waals surface area (Å²) < 4.78 is 19.9. The van der Waals surface area contributed by atoms with Crippen LogP contribution in [0.1, 0.15) is 21.5 Å². The Balaban J connectivity index is 1.84. The normalized spacial score (nSPS) is 14.5. The fraction of sp³-hybridized carbons (Fsp3) is 0.350. The van der Waals surface area contributed by atoms with Crippen LogP contribution < -0.4 is 9.80 Å². The topological polar surface area (TPSA) is 32.8 Å². The van der Waals surface area contributed by atoms with E-state index in [-0.39, 0.29) is 11.7 Å². The SMILES string of the molecule is Cc1cccc(N(C)C(=O)c2ccc(N3CCOCC3)c(F)c2)c1C. The summed E-state index contributed by atoms with van der Waals surface area (Å²) in [5, 5.41) is 0. The van der Waals surface area contributed by atoms with Gasteiger partial charge < -0.3 is 14.5 Å². The van der Waals surface area contributed by atoms with E-state index in [0.29, 0.717) is 37.6 Å². The minimum absolute atomic E-state index is 0.221. The number of aryl methyl sites for hydroxylation is 1. The summed E-state index contributed by atoms with van der Waals surface area (Å²) >= 11 is 0. The molecule has 1 aliphatic heterocycles. The van der Waals surface area contributed by atoms with Gasteiger partial charge >= 0.3 is 0 Å². The molecule has 3 rings (SSSR count). The predicted molar refractivity (Wildman–Crippen MR) is 98.1 cm³/mol. The zero-order chi connectivity index (χ0) is 18.0. The van der Waals surface area contributed by atoms with Crippen molar-refractivity contribution < 1.29 is 13.9 Å². The summed E-state index contributed by atoms with van der Waals surface area (Å²) in [6, 6.07) is 10.5. The van der Waals surface area contributed by atoms with Crippen LogP contribution in [0.4, 0.5) is 15.8 Å². The summed E-state index contributed by atoms with van der Waals surface area (Å²) in [5.74, 6) is -0.594. The van der Waals surface area contributed by atoms with E-state index in [4.69, 9.17) is 4.74 Å². The lowest BCUT2D eigenvalue weighted by atomic mass is 10.1. The van der Waals surface area contributed by atoms with Gasteiger partial charge in [0.1, 0.15) is 5.82 Å². The largest absolute Gasteiger partial charge is 0.378 e. The van der Waals surface area contributed by atoms with Crippen molar-refractivity contribution in [1.82, 2.24) is 0 Å². The number of hydrogen-bond acceptors (Lipinski definition) is 3. The van der Waals surface area contributed by atoms with E-state index in [2.05, 4.69) is 0 Å². The van der Waals surface area contributed by atoms with Gasteiger partial charge in [-0.15, -0.1) is 0 Å². The number of anilines is 2. The Morgan fingerprint density at radius 1 is 1.16 bits per heavy atom. The van der Waals surface area contributed by atoms with Crippen LogP contribution in [0.3, 0.4) is 0 Å². The molecule has 1 amide bonds. The van der Waals surface area contributed by atoms with Crippen LogP contribution in [0.5, 0.6) is 0 Å². The van der Waals surface area contributed by atoms with Gasteiger partial charge in [-0.25, -0.2) is 4.39 Å². The van der Waals surface area contributed by atoms with Crippen molar-refractivity contribution in [2.45, 2.75) is 13.8 Å². The molecule has 1 fully saturated rings. The first-order chi connectivity index (χ1) is 12.0. The monoisotopic (exact) mass is 342 g/mol. The highest BCUT2D eigenvalue weighted by molar-refractivity contribution is 6.06. The minimum Gasteiger partial charge on any atom is -0.378 e. The first kappa shape index (κ1) is 17.4. The Hall–Kier alpha value is -2.40. The van der Waals surface area contributed by atoms with Crippen LogP contribution in [0, 0.1) is 19.7 Å². The van der Waals surface area contributed by atoms with Gasteiger partial charge in [-0.05, 0) is 49.2 Å². The van der Waals surface area contributed by atoms with Crippen LogP contribution in [0.25, 0.3) is 0 Å². The van der Waals surface area contributed by atoms with Crippen molar-refractivity contribution in [3.05, 3.63) is 58.9 Å². The van der Waals surface area contributed by atoms with Gasteiger partial charge in [-0.2, -0.15) is 0 Å². The highest BCUT2D eigenvalue weighted by Gasteiger charge is 2.20. The van der Waals surface area contributed by atoms with Crippen molar-refractivity contribution in [2.75, 3.05) is 43.2 Å². The second kappa shape index (κ2) is 7.23. The van der Waals surface area contributed by atoms with Crippen LogP contribution >= 0.6 is 0 Å². The molecule has 1 aliphatic rings. The van der Waals surface area contributed by atoms with Gasteiger partial charge in [0.25, 0.3) is 5.91 Å². The Bertz CT molecular complexity index is 785. The number of amides is 1. The third-order valence-corrected chi connectivity index (χ3v) is 4.79. The number of carbonyl (C=O) groups excluding carboxylic acids is 1. The third-order valence-electron chi connectivity index (χ3n) is 4.79. The Labute approximate surface area is 147 Å². The first-order valence-electron chi connectivity index (χ1n) is 8.45. The molecule has 0 saturated carbocycles. The second-order valence-corrected chi connectivity index (χ2v) is 6.35. The molecule has 0 aromatic heterocycles. The summed E-state index contributed by atoms with van der Waals surface area (Å²) in [5.41, 5.74) is 3.87. The van der Waals surface area contributed by atoms with E-state index in [1.807, 2.05) is 36.9 Å². The lowest BCUT2D eigenvalue weighted by molar-refractivity contribution is 0.0992. The lowest BCUT2D eigenvalue weighted by Gasteiger charge is -2.29. The Kier molecular flexibility index (Phi) is 5.04. The molecule has 0 radical (unpaired) electrons. The number of nitrogens with zero attached hydrogens (tertiary/aromatic N) is 2. The number of carbonyl (C=O) groups is 1. The Morgan fingerprint density at radius 3 is 2.56 bits per heavy atom. The third kappa shape index (κ3) is 3.51. The quantitative estimate of drug-likeness (QED) is 0.855. The van der Waals surface area contributed by atoms with Crippen molar-refractivity contribution in [2.24, 2.45) is 0 Å². The molecule has 2 aromatic rings. The molecule has 1 saturated heterocycles. The predicted octanol–water partition coefficient (Wildman–Crippen LogP) is 3.56. The van der Waals surface area contributed by atoms with E-state index in [1.165, 1.54) is 6.07 Å². The van der Waals surface area contributed by atoms with Crippen LogP contribution in [0.2, 0.25) is 0 Å². The molecule has 132 valence electrons. The highest BCUT2D eigenvalue weighted by Crippen LogP contribution is 2.25. The van der Waals surface area contributed by atoms with Crippen LogP contribution in [-0.2, 0) is 4.74 Å². The molecule has 0 spiro atoms. The molecular weight excluding hydrogens is 319 g/mol. The summed E-state index contributed by atoms with van der Waals surface area (Å²) in [6.45, 7) is 6.49. The molecule has 2 aromatic carbocycles. The summed E-state index contributed by atoms with van der Waals surface area (Å²) in [6.07, 6.45) is 0. The van der Waals surface area contributed by atoms with Crippen molar-refractivity contribution in [3.63, 3.8) is 0 Å². The average Bonchev–Trinajstić information content (AvgIpc) is 2.63. The number of morpholine rings is 1. The molecule has 0 atom stereocenters. The van der Waals surface area contributed by atoms with E-state index < -0.39 is 0 Å². The van der Waals surface area contributed by atoms with Gasteiger partial charge in [0.2, 0.25) is 0 Å². The molecule has 0 N–H and O–H groups in total. The molecular formula is C20H23FN2O2. The van der Waals surface area contributed by atoms with E-state index in [9.17, 15) is 9.18 Å². The van der Waals surface area contributed by atoms with Gasteiger partial charge in [-0.1, -0.05) is 12.1 Å². The van der Waals surface area contributed by atoms with E-state index in [0.717, 1.165) is 16.8 Å². The smallest absolute Gasteiger partial charge is 0.258 e. The molecule has 0 bridgehead atoms. The van der Waals surface area contributed by atoms with Gasteiger partial charge in [0.05, 0.1) is 18.9 Å². The van der Waals surface area contributed by atoms with Crippen LogP contribution in [-0.4, -0.2) is 39.3 Å². The van der Waals surface area contributed by atoms with Gasteiger partial charge in [0.15, 0.2) is 0 Å². The number of hydrogen-bond donors (Lipinski definition) is 0. The second-order valence-electron chi connectivity index (χ2n) is 6.35. The molecule has 25 heavy (non-hydrogen) atoms. The zero-order valence-corrected chi connectivity index (χ0v) is 14.9. The van der Waals surface area contributed by atoms with Crippen molar-refractivity contribution in [1.29, 1.82) is 0 Å². The molecule has 4 nitrogen and oxygen atoms in total. The lowest BCUT2D eigenvalue weighted by Crippen LogP contribution is -2.36. The van der Waals surface area contributed by atoms with Crippen molar-refractivity contribution >= 4 is 17.3 Å². The number of rotatable bonds is 3. The first-order valence-corrected chi connectivity index (χ1v) is 8.45. The summed E-state index contributed by atoms with van der Waals surface area (Å²) in [7, 11) is 1.72. The number of halogens is 1. The molecule has 1 heterocycles. The van der Waals surface area contributed by atoms with Gasteiger partial charge in [0, 0.05) is 31.4 Å². The summed E-state index contributed by atoms with van der Waals surface area (Å²) in [4.78, 5) is 16.3. The fourth-order valence-corrected chi connectivity index (χ4v) is 3.10. The molecule has 0 aliphatic carbocycles. The van der Waals surface area contributed by atoms with E-state index >= 15 is 0 Å². The highest BCUT2D eigenvalue weighted by atomic mass is 19.1.